The molecule has 1 aromatic carbocycles. The number of carbonyl (C=O) groups is 1. The van der Waals surface area contributed by atoms with Gasteiger partial charge in [-0.05, 0) is 44.9 Å². The molecule has 2 fully saturated rings. The molecule has 1 N–H and O–H groups in total. The van der Waals surface area contributed by atoms with E-state index >= 15 is 0 Å². The largest absolute Gasteiger partial charge is 0.497 e. The van der Waals surface area contributed by atoms with Crippen LogP contribution < -0.4 is 24.7 Å². The fourth-order valence-corrected chi connectivity index (χ4v) is 5.10. The summed E-state index contributed by atoms with van der Waals surface area (Å²) in [5, 5.41) is 3.17. The van der Waals surface area contributed by atoms with Crippen LogP contribution in [0.1, 0.15) is 41.7 Å². The van der Waals surface area contributed by atoms with Crippen molar-refractivity contribution in [1.29, 1.82) is 0 Å². The Morgan fingerprint density at radius 2 is 1.84 bits per heavy atom. The average molecular weight is 459 g/mol. The van der Waals surface area contributed by atoms with Crippen LogP contribution in [-0.2, 0) is 6.54 Å². The summed E-state index contributed by atoms with van der Waals surface area (Å²) < 4.78 is 17.6. The number of benzene rings is 1. The number of rotatable bonds is 7. The summed E-state index contributed by atoms with van der Waals surface area (Å²) in [6.07, 6.45) is 5.78. The lowest BCUT2D eigenvalue weighted by atomic mass is 9.98. The third-order valence-corrected chi connectivity index (χ3v) is 6.98. The molecule has 2 saturated heterocycles. The van der Waals surface area contributed by atoms with Gasteiger partial charge in [0.2, 0.25) is 5.43 Å². The SMILES string of the molecule is COc1ccc(Cn2cc(OP)c(=O)cc2C(=O)N[C@H]2C[C@H]3CC[C@@H](C2)N3C)c(OC)c1. The molecule has 2 aromatic rings. The van der Waals surface area contributed by atoms with Crippen molar-refractivity contribution in [2.24, 2.45) is 0 Å². The van der Waals surface area contributed by atoms with Crippen molar-refractivity contribution in [3.63, 3.8) is 0 Å². The van der Waals surface area contributed by atoms with Gasteiger partial charge >= 0.3 is 0 Å². The minimum absolute atomic E-state index is 0.105. The van der Waals surface area contributed by atoms with Gasteiger partial charge in [0.25, 0.3) is 5.91 Å². The third-order valence-electron chi connectivity index (χ3n) is 6.72. The second-order valence-electron chi connectivity index (χ2n) is 8.50. The zero-order chi connectivity index (χ0) is 22.8. The van der Waals surface area contributed by atoms with Gasteiger partial charge in [-0.1, -0.05) is 0 Å². The number of carbonyl (C=O) groups excluding carboxylic acids is 1. The van der Waals surface area contributed by atoms with Gasteiger partial charge in [-0.3, -0.25) is 9.59 Å². The van der Waals surface area contributed by atoms with Crippen LogP contribution in [0.25, 0.3) is 0 Å². The molecule has 32 heavy (non-hydrogen) atoms. The van der Waals surface area contributed by atoms with E-state index in [1.165, 1.54) is 18.9 Å². The number of methoxy groups -OCH3 is 2. The summed E-state index contributed by atoms with van der Waals surface area (Å²) in [7, 11) is 7.43. The fourth-order valence-electron chi connectivity index (χ4n) is 4.92. The second kappa shape index (κ2) is 9.51. The standard InChI is InChI=1S/C23H30N3O5P/c1-25-16-5-6-17(25)9-15(8-16)24-23(28)19-11-20(27)22(31-32)13-26(19)12-14-4-7-18(29-2)10-21(14)30-3/h4,7,10-11,13,15-17H,5-6,8-9,12,32H2,1-3H3,(H,24,28)/t15-,16+,17-. The van der Waals surface area contributed by atoms with Crippen LogP contribution in [0.2, 0.25) is 0 Å². The van der Waals surface area contributed by atoms with E-state index in [1.807, 2.05) is 12.1 Å². The van der Waals surface area contributed by atoms with Crippen molar-refractivity contribution in [2.75, 3.05) is 21.3 Å². The van der Waals surface area contributed by atoms with E-state index in [0.717, 1.165) is 18.4 Å². The highest BCUT2D eigenvalue weighted by atomic mass is 31.0. The topological polar surface area (TPSA) is 82.0 Å². The number of amides is 1. The number of hydrogen-bond acceptors (Lipinski definition) is 6. The summed E-state index contributed by atoms with van der Waals surface area (Å²) in [5.74, 6) is 1.21. The van der Waals surface area contributed by atoms with E-state index in [0.29, 0.717) is 35.8 Å². The Labute approximate surface area is 190 Å². The summed E-state index contributed by atoms with van der Waals surface area (Å²) in [5.41, 5.74) is 0.800. The molecule has 1 aromatic heterocycles. The number of pyridine rings is 1. The van der Waals surface area contributed by atoms with Gasteiger partial charge < -0.3 is 28.8 Å². The van der Waals surface area contributed by atoms with Crippen molar-refractivity contribution in [3.05, 3.63) is 51.9 Å². The van der Waals surface area contributed by atoms with Crippen LogP contribution in [0.4, 0.5) is 0 Å². The Balaban J connectivity index is 1.61. The maximum atomic E-state index is 13.3. The lowest BCUT2D eigenvalue weighted by molar-refractivity contribution is 0.0872. The van der Waals surface area contributed by atoms with Gasteiger partial charge in [0.1, 0.15) is 17.2 Å². The Morgan fingerprint density at radius 1 is 1.12 bits per heavy atom. The van der Waals surface area contributed by atoms with Crippen molar-refractivity contribution >= 4 is 15.4 Å². The molecule has 0 aliphatic carbocycles. The number of nitrogens with zero attached hydrogens (tertiary/aromatic N) is 2. The van der Waals surface area contributed by atoms with Crippen molar-refractivity contribution in [1.82, 2.24) is 14.8 Å². The molecule has 2 aliphatic rings. The van der Waals surface area contributed by atoms with Crippen molar-refractivity contribution in [3.8, 4) is 17.2 Å². The average Bonchev–Trinajstić information content (AvgIpc) is 2.99. The molecule has 0 spiro atoms. The smallest absolute Gasteiger partial charge is 0.268 e. The molecule has 2 bridgehead atoms. The minimum atomic E-state index is -0.341. The Kier molecular flexibility index (Phi) is 6.72. The van der Waals surface area contributed by atoms with Crippen LogP contribution in [0.3, 0.4) is 0 Å². The zero-order valence-corrected chi connectivity index (χ0v) is 19.8. The number of ether oxygens (including phenoxy) is 2. The molecule has 0 saturated carbocycles. The van der Waals surface area contributed by atoms with E-state index in [2.05, 4.69) is 26.7 Å². The summed E-state index contributed by atoms with van der Waals surface area (Å²) in [6.45, 7) is 0.329. The molecule has 1 amide bonds. The number of fused-ring (bicyclic) bond motifs is 2. The van der Waals surface area contributed by atoms with E-state index < -0.39 is 0 Å². The van der Waals surface area contributed by atoms with Crippen LogP contribution in [0, 0.1) is 0 Å². The van der Waals surface area contributed by atoms with Gasteiger partial charge in [-0.25, -0.2) is 0 Å². The molecule has 0 radical (unpaired) electrons. The third kappa shape index (κ3) is 4.48. The first-order chi connectivity index (χ1) is 15.4. The molecule has 3 heterocycles. The molecule has 2 aliphatic heterocycles. The first-order valence-electron chi connectivity index (χ1n) is 10.8. The van der Waals surface area contributed by atoms with Gasteiger partial charge in [0.05, 0.1) is 36.4 Å². The first-order valence-corrected chi connectivity index (χ1v) is 11.3. The van der Waals surface area contributed by atoms with E-state index in [4.69, 9.17) is 14.0 Å². The summed E-state index contributed by atoms with van der Waals surface area (Å²) in [6, 6.07) is 7.98. The molecular weight excluding hydrogens is 429 g/mol. The first kappa shape index (κ1) is 22.6. The van der Waals surface area contributed by atoms with Crippen molar-refractivity contribution < 1.29 is 18.8 Å². The van der Waals surface area contributed by atoms with Crippen LogP contribution >= 0.6 is 9.47 Å². The highest BCUT2D eigenvalue weighted by Gasteiger charge is 2.39. The molecular formula is C23H30N3O5P. The number of nitrogens with one attached hydrogen (secondary N) is 1. The van der Waals surface area contributed by atoms with Crippen LogP contribution in [0.5, 0.6) is 17.2 Å². The zero-order valence-electron chi connectivity index (χ0n) is 18.7. The van der Waals surface area contributed by atoms with Gasteiger partial charge in [0, 0.05) is 35.8 Å². The molecule has 1 unspecified atom stereocenters. The Morgan fingerprint density at radius 3 is 2.47 bits per heavy atom. The fraction of sp³-hybridized carbons (Fsp3) is 0.478. The quantitative estimate of drug-likeness (QED) is 0.641. The molecule has 9 heteroatoms. The van der Waals surface area contributed by atoms with Gasteiger partial charge in [-0.15, -0.1) is 0 Å². The predicted molar refractivity (Wildman–Crippen MR) is 125 cm³/mol. The highest BCUT2D eigenvalue weighted by Crippen LogP contribution is 2.34. The summed E-state index contributed by atoms with van der Waals surface area (Å²) >= 11 is 0. The Hall–Kier alpha value is -2.57. The van der Waals surface area contributed by atoms with E-state index in [1.54, 1.807) is 31.0 Å². The number of hydrogen-bond donors (Lipinski definition) is 1. The predicted octanol–water partition coefficient (Wildman–Crippen LogP) is 2.44. The molecule has 4 atom stereocenters. The maximum Gasteiger partial charge on any atom is 0.268 e. The highest BCUT2D eigenvalue weighted by molar-refractivity contribution is 7.10. The van der Waals surface area contributed by atoms with Gasteiger partial charge in [0.15, 0.2) is 5.75 Å². The molecule has 8 nitrogen and oxygen atoms in total. The van der Waals surface area contributed by atoms with Crippen LogP contribution in [0.15, 0.2) is 35.3 Å². The maximum absolute atomic E-state index is 13.3. The Bertz CT molecular complexity index is 1040. The van der Waals surface area contributed by atoms with Gasteiger partial charge in [-0.2, -0.15) is 0 Å². The normalized spacial score (nSPS) is 22.4. The van der Waals surface area contributed by atoms with Crippen LogP contribution in [-0.4, -0.2) is 54.8 Å². The molecule has 172 valence electrons. The minimum Gasteiger partial charge on any atom is -0.497 e. The second-order valence-corrected chi connectivity index (χ2v) is 8.74. The van der Waals surface area contributed by atoms with Crippen molar-refractivity contribution in [2.45, 2.75) is 50.4 Å². The number of aromatic nitrogens is 1. The summed E-state index contributed by atoms with van der Waals surface area (Å²) in [4.78, 5) is 28.2. The number of piperidine rings is 1. The monoisotopic (exact) mass is 459 g/mol. The van der Waals surface area contributed by atoms with E-state index in [9.17, 15) is 9.59 Å². The molecule has 4 rings (SSSR count). The van der Waals surface area contributed by atoms with E-state index in [-0.39, 0.29) is 23.1 Å². The lowest BCUT2D eigenvalue weighted by Crippen LogP contribution is -2.49. The lowest BCUT2D eigenvalue weighted by Gasteiger charge is -2.36.